The molecule has 3 aromatic rings. The smallest absolute Gasteiger partial charge is 0.289 e. The highest BCUT2D eigenvalue weighted by atomic mass is 16.5. The van der Waals surface area contributed by atoms with Gasteiger partial charge in [-0.3, -0.25) is 9.59 Å². The van der Waals surface area contributed by atoms with Crippen molar-refractivity contribution in [1.82, 2.24) is 4.90 Å². The molecule has 2 aromatic carbocycles. The van der Waals surface area contributed by atoms with E-state index in [0.717, 1.165) is 23.1 Å². The Morgan fingerprint density at radius 2 is 1.97 bits per heavy atom. The second-order valence-electron chi connectivity index (χ2n) is 7.54. The molecule has 0 bridgehead atoms. The van der Waals surface area contributed by atoms with Crippen LogP contribution in [-0.4, -0.2) is 29.9 Å². The van der Waals surface area contributed by atoms with E-state index in [0.29, 0.717) is 30.3 Å². The van der Waals surface area contributed by atoms with Gasteiger partial charge in [0.1, 0.15) is 5.75 Å². The number of benzene rings is 2. The normalized spacial score (nSPS) is 12.9. The first-order valence-electron chi connectivity index (χ1n) is 9.94. The summed E-state index contributed by atoms with van der Waals surface area (Å²) in [5.41, 5.74) is 4.97. The van der Waals surface area contributed by atoms with Crippen molar-refractivity contribution >= 4 is 17.5 Å². The Morgan fingerprint density at radius 3 is 2.77 bits per heavy atom. The summed E-state index contributed by atoms with van der Waals surface area (Å²) in [5, 5.41) is 2.88. The molecule has 0 atom stereocenters. The van der Waals surface area contributed by atoms with E-state index in [1.807, 2.05) is 50.2 Å². The van der Waals surface area contributed by atoms with E-state index in [9.17, 15) is 9.59 Å². The Kier molecular flexibility index (Phi) is 5.57. The monoisotopic (exact) mass is 404 g/mol. The molecule has 1 aromatic heterocycles. The lowest BCUT2D eigenvalue weighted by Crippen LogP contribution is -2.35. The number of anilines is 1. The SMILES string of the molecule is Cc1ccc(C)c(OCC(=O)Nc2ccc3c(c2)CN(C(=O)c2ccco2)CC3)c1. The highest BCUT2D eigenvalue weighted by molar-refractivity contribution is 5.93. The molecular weight excluding hydrogens is 380 g/mol. The van der Waals surface area contributed by atoms with Gasteiger partial charge in [-0.05, 0) is 72.9 Å². The highest BCUT2D eigenvalue weighted by Gasteiger charge is 2.23. The fourth-order valence-corrected chi connectivity index (χ4v) is 3.57. The van der Waals surface area contributed by atoms with Gasteiger partial charge in [0.25, 0.3) is 11.8 Å². The lowest BCUT2D eigenvalue weighted by atomic mass is 9.99. The van der Waals surface area contributed by atoms with Crippen LogP contribution in [0.5, 0.6) is 5.75 Å². The molecule has 1 aliphatic rings. The number of hydrogen-bond acceptors (Lipinski definition) is 4. The minimum atomic E-state index is -0.227. The van der Waals surface area contributed by atoms with Crippen LogP contribution in [0.4, 0.5) is 5.69 Å². The van der Waals surface area contributed by atoms with Gasteiger partial charge < -0.3 is 19.4 Å². The number of carbonyl (C=O) groups is 2. The van der Waals surface area contributed by atoms with Gasteiger partial charge in [-0.2, -0.15) is 0 Å². The van der Waals surface area contributed by atoms with Crippen molar-refractivity contribution < 1.29 is 18.7 Å². The fraction of sp³-hybridized carbons (Fsp3) is 0.250. The number of ether oxygens (including phenoxy) is 1. The predicted molar refractivity (Wildman–Crippen MR) is 114 cm³/mol. The minimum absolute atomic E-state index is 0.0650. The van der Waals surface area contributed by atoms with Crippen LogP contribution in [0, 0.1) is 13.8 Å². The number of hydrogen-bond donors (Lipinski definition) is 1. The van der Waals surface area contributed by atoms with Crippen molar-refractivity contribution in [3.8, 4) is 5.75 Å². The first kappa shape index (κ1) is 19.8. The van der Waals surface area contributed by atoms with Crippen LogP contribution in [0.15, 0.2) is 59.2 Å². The van der Waals surface area contributed by atoms with Gasteiger partial charge in [-0.25, -0.2) is 0 Å². The second kappa shape index (κ2) is 8.45. The Morgan fingerprint density at radius 1 is 1.10 bits per heavy atom. The fourth-order valence-electron chi connectivity index (χ4n) is 3.57. The van der Waals surface area contributed by atoms with Crippen molar-refractivity contribution in [3.05, 3.63) is 82.8 Å². The van der Waals surface area contributed by atoms with Crippen molar-refractivity contribution in [2.45, 2.75) is 26.8 Å². The number of nitrogens with one attached hydrogen (secondary N) is 1. The predicted octanol–water partition coefficient (Wildman–Crippen LogP) is 4.11. The summed E-state index contributed by atoms with van der Waals surface area (Å²) in [6.07, 6.45) is 2.27. The summed E-state index contributed by atoms with van der Waals surface area (Å²) in [6.45, 7) is 5.00. The van der Waals surface area contributed by atoms with E-state index < -0.39 is 0 Å². The molecule has 2 heterocycles. The van der Waals surface area contributed by atoms with E-state index >= 15 is 0 Å². The summed E-state index contributed by atoms with van der Waals surface area (Å²) in [6, 6.07) is 15.1. The number of amides is 2. The third kappa shape index (κ3) is 4.38. The molecule has 0 saturated carbocycles. The molecule has 0 saturated heterocycles. The largest absolute Gasteiger partial charge is 0.483 e. The molecule has 0 aliphatic carbocycles. The molecule has 0 fully saturated rings. The molecule has 0 spiro atoms. The molecule has 2 amide bonds. The number of aryl methyl sites for hydroxylation is 2. The highest BCUT2D eigenvalue weighted by Crippen LogP contribution is 2.24. The standard InChI is InChI=1S/C24H24N2O4/c1-16-5-6-17(2)22(12-16)30-15-23(27)25-20-8-7-18-9-10-26(14-19(18)13-20)24(28)21-4-3-11-29-21/h3-8,11-13H,9-10,14-15H2,1-2H3,(H,25,27). The molecular formula is C24H24N2O4. The quantitative estimate of drug-likeness (QED) is 0.695. The lowest BCUT2D eigenvalue weighted by Gasteiger charge is -2.28. The van der Waals surface area contributed by atoms with Crippen molar-refractivity contribution in [1.29, 1.82) is 0 Å². The molecule has 1 N–H and O–H groups in total. The topological polar surface area (TPSA) is 71.8 Å². The van der Waals surface area contributed by atoms with E-state index in [4.69, 9.17) is 9.15 Å². The zero-order valence-electron chi connectivity index (χ0n) is 17.1. The number of nitrogens with zero attached hydrogens (tertiary/aromatic N) is 1. The minimum Gasteiger partial charge on any atom is -0.483 e. The van der Waals surface area contributed by atoms with Gasteiger partial charge in [-0.1, -0.05) is 18.2 Å². The van der Waals surface area contributed by atoms with E-state index in [1.54, 1.807) is 17.0 Å². The van der Waals surface area contributed by atoms with E-state index in [-0.39, 0.29) is 18.4 Å². The van der Waals surface area contributed by atoms with Crippen molar-refractivity contribution in [3.63, 3.8) is 0 Å². The first-order chi connectivity index (χ1) is 14.5. The zero-order chi connectivity index (χ0) is 21.1. The maximum absolute atomic E-state index is 12.6. The van der Waals surface area contributed by atoms with Crippen LogP contribution in [0.25, 0.3) is 0 Å². The summed E-state index contributed by atoms with van der Waals surface area (Å²) in [4.78, 5) is 26.7. The number of furan rings is 1. The van der Waals surface area contributed by atoms with Gasteiger partial charge in [-0.15, -0.1) is 0 Å². The summed E-state index contributed by atoms with van der Waals surface area (Å²) in [5.74, 6) is 0.700. The van der Waals surface area contributed by atoms with Crippen LogP contribution in [-0.2, 0) is 17.8 Å². The molecule has 0 radical (unpaired) electrons. The summed E-state index contributed by atoms with van der Waals surface area (Å²) < 4.78 is 10.9. The number of carbonyl (C=O) groups excluding carboxylic acids is 2. The van der Waals surface area contributed by atoms with Gasteiger partial charge in [0.15, 0.2) is 12.4 Å². The van der Waals surface area contributed by atoms with Gasteiger partial charge in [0.05, 0.1) is 6.26 Å². The lowest BCUT2D eigenvalue weighted by molar-refractivity contribution is -0.118. The number of rotatable bonds is 5. The van der Waals surface area contributed by atoms with Crippen LogP contribution in [0.1, 0.15) is 32.8 Å². The summed E-state index contributed by atoms with van der Waals surface area (Å²) in [7, 11) is 0. The third-order valence-electron chi connectivity index (χ3n) is 5.22. The Bertz CT molecular complexity index is 1070. The van der Waals surface area contributed by atoms with E-state index in [1.165, 1.54) is 11.8 Å². The van der Waals surface area contributed by atoms with E-state index in [2.05, 4.69) is 5.32 Å². The first-order valence-corrected chi connectivity index (χ1v) is 9.94. The molecule has 154 valence electrons. The Hall–Kier alpha value is -3.54. The zero-order valence-corrected chi connectivity index (χ0v) is 17.1. The molecule has 6 heteroatoms. The van der Waals surface area contributed by atoms with Gasteiger partial charge in [0.2, 0.25) is 0 Å². The molecule has 4 rings (SSSR count). The van der Waals surface area contributed by atoms with Crippen LogP contribution < -0.4 is 10.1 Å². The molecule has 0 unspecified atom stereocenters. The Balaban J connectivity index is 1.39. The van der Waals surface area contributed by atoms with Crippen molar-refractivity contribution in [2.75, 3.05) is 18.5 Å². The summed E-state index contributed by atoms with van der Waals surface area (Å²) >= 11 is 0. The maximum atomic E-state index is 12.6. The van der Waals surface area contributed by atoms with Crippen LogP contribution >= 0.6 is 0 Å². The average molecular weight is 404 g/mol. The molecule has 1 aliphatic heterocycles. The van der Waals surface area contributed by atoms with Crippen molar-refractivity contribution in [2.24, 2.45) is 0 Å². The maximum Gasteiger partial charge on any atom is 0.289 e. The molecule has 6 nitrogen and oxygen atoms in total. The van der Waals surface area contributed by atoms with Gasteiger partial charge >= 0.3 is 0 Å². The van der Waals surface area contributed by atoms with Gasteiger partial charge in [0, 0.05) is 18.8 Å². The second-order valence-corrected chi connectivity index (χ2v) is 7.54. The number of fused-ring (bicyclic) bond motifs is 1. The van der Waals surface area contributed by atoms with Crippen LogP contribution in [0.2, 0.25) is 0 Å². The van der Waals surface area contributed by atoms with Crippen LogP contribution in [0.3, 0.4) is 0 Å². The average Bonchev–Trinajstić information content (AvgIpc) is 3.28. The molecule has 30 heavy (non-hydrogen) atoms. The third-order valence-corrected chi connectivity index (χ3v) is 5.22. The Labute approximate surface area is 175 Å².